The summed E-state index contributed by atoms with van der Waals surface area (Å²) in [7, 11) is 1.16. The first-order valence-electron chi connectivity index (χ1n) is 7.76. The fourth-order valence-corrected chi connectivity index (χ4v) is 2.12. The number of hydrogen-bond acceptors (Lipinski definition) is 7. The van der Waals surface area contributed by atoms with E-state index in [0.717, 1.165) is 13.2 Å². The number of carbonyl (C=O) groups is 2. The molecule has 0 saturated heterocycles. The second kappa shape index (κ2) is 8.76. The van der Waals surface area contributed by atoms with Crippen LogP contribution < -0.4 is 5.32 Å². The molecule has 1 amide bonds. The highest BCUT2D eigenvalue weighted by molar-refractivity contribution is 5.85. The monoisotopic (exact) mass is 362 g/mol. The van der Waals surface area contributed by atoms with E-state index < -0.39 is 29.5 Å². The van der Waals surface area contributed by atoms with E-state index in [4.69, 9.17) is 10.00 Å². The number of para-hydroxylation sites is 1. The number of methoxy groups -OCH3 is 1. The number of phenols is 2. The number of hydrogen-bond donors (Lipinski definition) is 3. The van der Waals surface area contributed by atoms with Crippen molar-refractivity contribution in [3.05, 3.63) is 29.8 Å². The van der Waals surface area contributed by atoms with Crippen molar-refractivity contribution in [3.63, 3.8) is 0 Å². The van der Waals surface area contributed by atoms with Gasteiger partial charge in [-0.1, -0.05) is 12.1 Å². The van der Waals surface area contributed by atoms with Crippen LogP contribution in [0, 0.1) is 11.3 Å². The van der Waals surface area contributed by atoms with Gasteiger partial charge in [0.05, 0.1) is 13.2 Å². The first-order valence-corrected chi connectivity index (χ1v) is 7.76. The zero-order valence-corrected chi connectivity index (χ0v) is 15.1. The molecular formula is C18H22N2O6. The quantitative estimate of drug-likeness (QED) is 0.417. The molecule has 1 aromatic rings. The molecular weight excluding hydrogens is 340 g/mol. The Balaban J connectivity index is 3.12. The molecule has 3 N–H and O–H groups in total. The van der Waals surface area contributed by atoms with Gasteiger partial charge in [-0.3, -0.25) is 0 Å². The summed E-state index contributed by atoms with van der Waals surface area (Å²) >= 11 is 0. The Morgan fingerprint density at radius 3 is 2.54 bits per heavy atom. The standard InChI is InChI=1S/C18H22N2O6/c1-18(2,3)26-17(24)20-13(16(23)25-4)10-11(8-9-19)12-6-5-7-14(21)15(12)22/h5-8,13,21-22H,10H2,1-4H3,(H,20,24)/b11-8-. The molecule has 0 aliphatic carbocycles. The van der Waals surface area contributed by atoms with Gasteiger partial charge < -0.3 is 25.0 Å². The van der Waals surface area contributed by atoms with Gasteiger partial charge >= 0.3 is 12.1 Å². The number of alkyl carbamates (subject to hydrolysis) is 1. The third-order valence-corrected chi connectivity index (χ3v) is 3.20. The first kappa shape index (κ1) is 20.8. The van der Waals surface area contributed by atoms with Crippen molar-refractivity contribution < 1.29 is 29.3 Å². The number of nitriles is 1. The molecule has 0 fully saturated rings. The highest BCUT2D eigenvalue weighted by Crippen LogP contribution is 2.35. The Morgan fingerprint density at radius 1 is 1.35 bits per heavy atom. The number of amides is 1. The Hall–Kier alpha value is -3.21. The highest BCUT2D eigenvalue weighted by Gasteiger charge is 2.27. The van der Waals surface area contributed by atoms with Crippen LogP contribution in [0.5, 0.6) is 11.5 Å². The number of benzene rings is 1. The van der Waals surface area contributed by atoms with Gasteiger partial charge in [-0.2, -0.15) is 5.26 Å². The zero-order chi connectivity index (χ0) is 19.9. The lowest BCUT2D eigenvalue weighted by Crippen LogP contribution is -2.44. The van der Waals surface area contributed by atoms with Crippen LogP contribution in [0.25, 0.3) is 5.57 Å². The Morgan fingerprint density at radius 2 is 2.00 bits per heavy atom. The maximum atomic E-state index is 12.0. The molecule has 140 valence electrons. The second-order valence-electron chi connectivity index (χ2n) is 6.40. The van der Waals surface area contributed by atoms with E-state index in [1.165, 1.54) is 18.2 Å². The van der Waals surface area contributed by atoms with Crippen molar-refractivity contribution in [3.8, 4) is 17.6 Å². The molecule has 0 saturated carbocycles. The lowest BCUT2D eigenvalue weighted by molar-refractivity contribution is -0.143. The van der Waals surface area contributed by atoms with E-state index in [1.807, 2.05) is 6.07 Å². The summed E-state index contributed by atoms with van der Waals surface area (Å²) in [5.74, 6) is -1.56. The van der Waals surface area contributed by atoms with Gasteiger partial charge in [0.25, 0.3) is 0 Å². The molecule has 1 rings (SSSR count). The lowest BCUT2D eigenvalue weighted by Gasteiger charge is -2.23. The summed E-state index contributed by atoms with van der Waals surface area (Å²) in [5, 5.41) is 31.0. The second-order valence-corrected chi connectivity index (χ2v) is 6.40. The number of phenolic OH excluding ortho intramolecular Hbond substituents is 2. The van der Waals surface area contributed by atoms with Gasteiger partial charge in [0, 0.05) is 18.1 Å². The van der Waals surface area contributed by atoms with E-state index in [1.54, 1.807) is 20.8 Å². The van der Waals surface area contributed by atoms with Gasteiger partial charge in [-0.15, -0.1) is 0 Å². The average Bonchev–Trinajstić information content (AvgIpc) is 2.53. The summed E-state index contributed by atoms with van der Waals surface area (Å²) in [5.41, 5.74) is -0.377. The summed E-state index contributed by atoms with van der Waals surface area (Å²) in [6.07, 6.45) is 0.127. The van der Waals surface area contributed by atoms with Gasteiger partial charge in [0.15, 0.2) is 11.5 Å². The van der Waals surface area contributed by atoms with Crippen molar-refractivity contribution in [2.45, 2.75) is 38.8 Å². The number of nitrogens with zero attached hydrogens (tertiary/aromatic N) is 1. The molecule has 26 heavy (non-hydrogen) atoms. The number of ether oxygens (including phenoxy) is 2. The Bertz CT molecular complexity index is 743. The molecule has 1 unspecified atom stereocenters. The van der Waals surface area contributed by atoms with Crippen molar-refractivity contribution in [2.75, 3.05) is 7.11 Å². The van der Waals surface area contributed by atoms with Crippen LogP contribution in [0.1, 0.15) is 32.8 Å². The maximum absolute atomic E-state index is 12.0. The minimum Gasteiger partial charge on any atom is -0.504 e. The minimum atomic E-state index is -1.16. The number of carbonyl (C=O) groups excluding carboxylic acids is 2. The number of aromatic hydroxyl groups is 2. The normalized spacial score (nSPS) is 12.7. The van der Waals surface area contributed by atoms with Crippen LogP contribution in [0.4, 0.5) is 4.79 Å². The largest absolute Gasteiger partial charge is 0.504 e. The van der Waals surface area contributed by atoms with Crippen LogP contribution >= 0.6 is 0 Å². The highest BCUT2D eigenvalue weighted by atomic mass is 16.6. The summed E-state index contributed by atoms with van der Waals surface area (Å²) in [6.45, 7) is 5.02. The Kier molecular flexibility index (Phi) is 7.02. The van der Waals surface area contributed by atoms with Crippen LogP contribution in [0.15, 0.2) is 24.3 Å². The smallest absolute Gasteiger partial charge is 0.408 e. The molecule has 0 bridgehead atoms. The van der Waals surface area contributed by atoms with Gasteiger partial charge in [0.2, 0.25) is 0 Å². The molecule has 0 radical (unpaired) electrons. The molecule has 1 aromatic carbocycles. The van der Waals surface area contributed by atoms with E-state index in [9.17, 15) is 19.8 Å². The SMILES string of the molecule is COC(=O)C(C/C(=C/C#N)c1cccc(O)c1O)NC(=O)OC(C)(C)C. The lowest BCUT2D eigenvalue weighted by atomic mass is 9.97. The van der Waals surface area contributed by atoms with Crippen LogP contribution in [0.2, 0.25) is 0 Å². The van der Waals surface area contributed by atoms with Gasteiger partial charge in [-0.05, 0) is 32.4 Å². The number of allylic oxidation sites excluding steroid dienone is 1. The van der Waals surface area contributed by atoms with Crippen molar-refractivity contribution >= 4 is 17.6 Å². The molecule has 1 atom stereocenters. The van der Waals surface area contributed by atoms with Crippen LogP contribution in [-0.4, -0.2) is 41.0 Å². The van der Waals surface area contributed by atoms with E-state index in [2.05, 4.69) is 10.1 Å². The minimum absolute atomic E-state index is 0.156. The molecule has 0 heterocycles. The van der Waals surface area contributed by atoms with Crippen LogP contribution in [-0.2, 0) is 14.3 Å². The third kappa shape index (κ3) is 6.02. The van der Waals surface area contributed by atoms with Crippen molar-refractivity contribution in [1.82, 2.24) is 5.32 Å². The fraction of sp³-hybridized carbons (Fsp3) is 0.389. The van der Waals surface area contributed by atoms with Crippen molar-refractivity contribution in [2.24, 2.45) is 0 Å². The Labute approximate surface area is 151 Å². The number of esters is 1. The molecule has 0 spiro atoms. The van der Waals surface area contributed by atoms with E-state index in [0.29, 0.717) is 0 Å². The van der Waals surface area contributed by atoms with Gasteiger partial charge in [0.1, 0.15) is 11.6 Å². The average molecular weight is 362 g/mol. The summed E-state index contributed by atoms with van der Waals surface area (Å²) in [4.78, 5) is 24.0. The molecule has 0 aromatic heterocycles. The predicted octanol–water partition coefficient (Wildman–Crippen LogP) is 2.46. The van der Waals surface area contributed by atoms with Gasteiger partial charge in [-0.25, -0.2) is 9.59 Å². The zero-order valence-electron chi connectivity index (χ0n) is 15.1. The summed E-state index contributed by atoms with van der Waals surface area (Å²) < 4.78 is 9.80. The molecule has 0 aliphatic rings. The van der Waals surface area contributed by atoms with Crippen LogP contribution in [0.3, 0.4) is 0 Å². The molecule has 0 aliphatic heterocycles. The van der Waals surface area contributed by atoms with Crippen molar-refractivity contribution in [1.29, 1.82) is 5.26 Å². The summed E-state index contributed by atoms with van der Waals surface area (Å²) in [6, 6.07) is 4.89. The first-order chi connectivity index (χ1) is 12.1. The maximum Gasteiger partial charge on any atom is 0.408 e. The number of nitrogens with one attached hydrogen (secondary N) is 1. The topological polar surface area (TPSA) is 129 Å². The van der Waals surface area contributed by atoms with E-state index >= 15 is 0 Å². The molecule has 8 heteroatoms. The number of rotatable bonds is 5. The fourth-order valence-electron chi connectivity index (χ4n) is 2.12. The third-order valence-electron chi connectivity index (χ3n) is 3.20. The van der Waals surface area contributed by atoms with E-state index in [-0.39, 0.29) is 23.3 Å². The molecule has 8 nitrogen and oxygen atoms in total. The predicted molar refractivity (Wildman–Crippen MR) is 93.2 cm³/mol.